The van der Waals surface area contributed by atoms with Gasteiger partial charge in [-0.1, -0.05) is 15.9 Å². The molecule has 0 radical (unpaired) electrons. The van der Waals surface area contributed by atoms with Gasteiger partial charge in [-0.15, -0.1) is 0 Å². The van der Waals surface area contributed by atoms with Crippen molar-refractivity contribution in [1.82, 2.24) is 4.31 Å². The lowest BCUT2D eigenvalue weighted by molar-refractivity contribution is -0.120. The summed E-state index contributed by atoms with van der Waals surface area (Å²) in [6.07, 6.45) is 2.33. The molecule has 5 nitrogen and oxygen atoms in total. The number of nitrogens with zero attached hydrogens (tertiary/aromatic N) is 1. The van der Waals surface area contributed by atoms with Crippen LogP contribution in [0.25, 0.3) is 0 Å². The molecule has 0 aliphatic carbocycles. The Balaban J connectivity index is 1.90. The average molecular weight is 361 g/mol. The van der Waals surface area contributed by atoms with Crippen LogP contribution in [0.1, 0.15) is 12.8 Å². The van der Waals surface area contributed by atoms with Crippen LogP contribution in [-0.4, -0.2) is 38.0 Å². The maximum absolute atomic E-state index is 12.1. The molecule has 7 heteroatoms. The second-order valence-corrected chi connectivity index (χ2v) is 7.83. The number of anilines is 1. The lowest BCUT2D eigenvalue weighted by Crippen LogP contribution is -2.40. The monoisotopic (exact) mass is 360 g/mol. The summed E-state index contributed by atoms with van der Waals surface area (Å²) in [5, 5.41) is 2.86. The minimum absolute atomic E-state index is 0.0412. The second-order valence-electron chi connectivity index (χ2n) is 4.93. The minimum atomic E-state index is -3.14. The Morgan fingerprint density at radius 1 is 1.25 bits per heavy atom. The molecule has 0 atom stereocenters. The van der Waals surface area contributed by atoms with Crippen molar-refractivity contribution < 1.29 is 13.2 Å². The van der Waals surface area contributed by atoms with Crippen molar-refractivity contribution in [3.8, 4) is 0 Å². The van der Waals surface area contributed by atoms with Gasteiger partial charge in [-0.2, -0.15) is 0 Å². The number of halogens is 1. The van der Waals surface area contributed by atoms with Crippen molar-refractivity contribution >= 4 is 37.5 Å². The van der Waals surface area contributed by atoms with Crippen LogP contribution >= 0.6 is 15.9 Å². The maximum Gasteiger partial charge on any atom is 0.227 e. The molecule has 0 spiro atoms. The molecule has 1 N–H and O–H groups in total. The zero-order valence-electron chi connectivity index (χ0n) is 11.2. The standard InChI is InChI=1S/C13H17BrN2O3S/c1-20(18,19)16-8-6-10(7-9-16)13(17)15-12-4-2-11(14)3-5-12/h2-5,10H,6-9H2,1H3,(H,15,17). The highest BCUT2D eigenvalue weighted by atomic mass is 79.9. The van der Waals surface area contributed by atoms with Gasteiger partial charge in [0.25, 0.3) is 0 Å². The molecular weight excluding hydrogens is 344 g/mol. The number of carbonyl (C=O) groups excluding carboxylic acids is 1. The fraction of sp³-hybridized carbons (Fsp3) is 0.462. The molecule has 0 bridgehead atoms. The first kappa shape index (κ1) is 15.5. The lowest BCUT2D eigenvalue weighted by Gasteiger charge is -2.29. The predicted molar refractivity (Wildman–Crippen MR) is 81.9 cm³/mol. The molecule has 1 aliphatic heterocycles. The summed E-state index contributed by atoms with van der Waals surface area (Å²) in [6.45, 7) is 0.828. The van der Waals surface area contributed by atoms with Gasteiger partial charge in [-0.3, -0.25) is 4.79 Å². The van der Waals surface area contributed by atoms with Crippen LogP contribution in [0.4, 0.5) is 5.69 Å². The summed E-state index contributed by atoms with van der Waals surface area (Å²) < 4.78 is 25.2. The van der Waals surface area contributed by atoms with Gasteiger partial charge < -0.3 is 5.32 Å². The predicted octanol–water partition coefficient (Wildman–Crippen LogP) is 2.06. The smallest absolute Gasteiger partial charge is 0.227 e. The third-order valence-electron chi connectivity index (χ3n) is 3.41. The highest BCUT2D eigenvalue weighted by Crippen LogP contribution is 2.21. The van der Waals surface area contributed by atoms with Gasteiger partial charge in [0.05, 0.1) is 6.26 Å². The van der Waals surface area contributed by atoms with Crippen molar-refractivity contribution in [3.63, 3.8) is 0 Å². The van der Waals surface area contributed by atoms with Crippen molar-refractivity contribution in [2.45, 2.75) is 12.8 Å². The first-order chi connectivity index (χ1) is 9.36. The molecule has 1 aliphatic rings. The normalized spacial score (nSPS) is 17.9. The largest absolute Gasteiger partial charge is 0.326 e. The van der Waals surface area contributed by atoms with Gasteiger partial charge in [-0.25, -0.2) is 12.7 Å². The topological polar surface area (TPSA) is 66.5 Å². The van der Waals surface area contributed by atoms with E-state index < -0.39 is 10.0 Å². The van der Waals surface area contributed by atoms with E-state index in [2.05, 4.69) is 21.2 Å². The van der Waals surface area contributed by atoms with Crippen LogP contribution in [0.3, 0.4) is 0 Å². The summed E-state index contributed by atoms with van der Waals surface area (Å²) in [6, 6.07) is 7.38. The highest BCUT2D eigenvalue weighted by Gasteiger charge is 2.28. The summed E-state index contributed by atoms with van der Waals surface area (Å²) >= 11 is 3.34. The van der Waals surface area contributed by atoms with E-state index in [0.717, 1.165) is 10.2 Å². The second kappa shape index (κ2) is 6.24. The van der Waals surface area contributed by atoms with E-state index in [9.17, 15) is 13.2 Å². The zero-order valence-corrected chi connectivity index (χ0v) is 13.6. The van der Waals surface area contributed by atoms with Crippen molar-refractivity contribution in [3.05, 3.63) is 28.7 Å². The number of piperidine rings is 1. The number of amides is 1. The Morgan fingerprint density at radius 3 is 2.30 bits per heavy atom. The van der Waals surface area contributed by atoms with Gasteiger partial charge in [0.15, 0.2) is 0 Å². The van der Waals surface area contributed by atoms with E-state index >= 15 is 0 Å². The van der Waals surface area contributed by atoms with Crippen molar-refractivity contribution in [2.24, 2.45) is 5.92 Å². The molecular formula is C13H17BrN2O3S. The first-order valence-electron chi connectivity index (χ1n) is 6.38. The number of carbonyl (C=O) groups is 1. The molecule has 0 saturated carbocycles. The average Bonchev–Trinajstić information content (AvgIpc) is 2.40. The maximum atomic E-state index is 12.1. The van der Waals surface area contributed by atoms with Crippen LogP contribution in [0.15, 0.2) is 28.7 Å². The molecule has 0 unspecified atom stereocenters. The van der Waals surface area contributed by atoms with E-state index in [1.54, 1.807) is 0 Å². The number of rotatable bonds is 3. The van der Waals surface area contributed by atoms with Crippen LogP contribution in [0.5, 0.6) is 0 Å². The van der Waals surface area contributed by atoms with E-state index in [0.29, 0.717) is 25.9 Å². The van der Waals surface area contributed by atoms with Crippen molar-refractivity contribution in [1.29, 1.82) is 0 Å². The molecule has 1 fully saturated rings. The fourth-order valence-electron chi connectivity index (χ4n) is 2.23. The number of sulfonamides is 1. The SMILES string of the molecule is CS(=O)(=O)N1CCC(C(=O)Nc2ccc(Br)cc2)CC1. The molecule has 1 saturated heterocycles. The summed E-state index contributed by atoms with van der Waals surface area (Å²) in [5.74, 6) is -0.169. The first-order valence-corrected chi connectivity index (χ1v) is 9.02. The fourth-order valence-corrected chi connectivity index (χ4v) is 3.37. The third kappa shape index (κ3) is 4.04. The van der Waals surface area contributed by atoms with Gasteiger partial charge in [0.1, 0.15) is 0 Å². The molecule has 2 rings (SSSR count). The van der Waals surface area contributed by atoms with Crippen LogP contribution in [0.2, 0.25) is 0 Å². The van der Waals surface area contributed by atoms with Gasteiger partial charge in [0.2, 0.25) is 15.9 Å². The van der Waals surface area contributed by atoms with Crippen LogP contribution in [-0.2, 0) is 14.8 Å². The summed E-state index contributed by atoms with van der Waals surface area (Å²) in [5.41, 5.74) is 0.753. The Kier molecular flexibility index (Phi) is 4.82. The number of nitrogens with one attached hydrogen (secondary N) is 1. The summed E-state index contributed by atoms with van der Waals surface area (Å²) in [7, 11) is -3.14. The van der Waals surface area contributed by atoms with Gasteiger partial charge in [0, 0.05) is 29.2 Å². The van der Waals surface area contributed by atoms with E-state index in [4.69, 9.17) is 0 Å². The molecule has 20 heavy (non-hydrogen) atoms. The Bertz CT molecular complexity index is 578. The number of hydrogen-bond donors (Lipinski definition) is 1. The molecule has 110 valence electrons. The lowest BCUT2D eigenvalue weighted by atomic mass is 9.97. The van der Waals surface area contributed by atoms with Crippen molar-refractivity contribution in [2.75, 3.05) is 24.7 Å². The molecule has 1 aromatic carbocycles. The Morgan fingerprint density at radius 2 is 1.80 bits per heavy atom. The minimum Gasteiger partial charge on any atom is -0.326 e. The summed E-state index contributed by atoms with van der Waals surface area (Å²) in [4.78, 5) is 12.1. The molecule has 1 amide bonds. The third-order valence-corrected chi connectivity index (χ3v) is 5.24. The van der Waals surface area contributed by atoms with Crippen LogP contribution in [0, 0.1) is 5.92 Å². The quantitative estimate of drug-likeness (QED) is 0.896. The molecule has 1 aromatic rings. The molecule has 0 aromatic heterocycles. The highest BCUT2D eigenvalue weighted by molar-refractivity contribution is 9.10. The molecule has 1 heterocycles. The van der Waals surface area contributed by atoms with E-state index in [1.807, 2.05) is 24.3 Å². The zero-order chi connectivity index (χ0) is 14.8. The van der Waals surface area contributed by atoms with E-state index in [-0.39, 0.29) is 11.8 Å². The Labute approximate surface area is 127 Å². The van der Waals surface area contributed by atoms with E-state index in [1.165, 1.54) is 10.6 Å². The van der Waals surface area contributed by atoms with Gasteiger partial charge >= 0.3 is 0 Å². The van der Waals surface area contributed by atoms with Crippen LogP contribution < -0.4 is 5.32 Å². The Hall–Kier alpha value is -0.920. The number of benzene rings is 1. The van der Waals surface area contributed by atoms with Gasteiger partial charge in [-0.05, 0) is 37.1 Å². The number of hydrogen-bond acceptors (Lipinski definition) is 3.